The first-order valence-corrected chi connectivity index (χ1v) is 41.9. The van der Waals surface area contributed by atoms with Gasteiger partial charge >= 0.3 is 0 Å². The first kappa shape index (κ1) is 100. The molecule has 21 rings (SSSR count). The molecule has 0 aliphatic rings. The molecule has 10 heterocycles. The number of nitrogens with zero attached hydrogens (tertiary/aromatic N) is 7. The van der Waals surface area contributed by atoms with E-state index in [9.17, 15) is 4.79 Å². The fourth-order valence-corrected chi connectivity index (χ4v) is 14.2. The molecule has 0 spiro atoms. The molecule has 10 aromatic heterocycles. The number of ketones is 1. The van der Waals surface area contributed by atoms with E-state index >= 15 is 0 Å². The zero-order valence-corrected chi connectivity index (χ0v) is 84.3. The first-order chi connectivity index (χ1) is 61.6. The van der Waals surface area contributed by atoms with Crippen molar-refractivity contribution in [2.75, 3.05) is 0 Å². The number of carbonyl (C=O) groups excluding carboxylic acids is 1. The van der Waals surface area contributed by atoms with Gasteiger partial charge in [-0.05, 0) is 180 Å². The van der Waals surface area contributed by atoms with E-state index in [-0.39, 0.29) is 92.0 Å². The second-order valence-electron chi connectivity index (χ2n) is 31.1. The summed E-state index contributed by atoms with van der Waals surface area (Å²) in [5.74, 6) is -0.0625. The van der Waals surface area contributed by atoms with Crippen molar-refractivity contribution in [1.29, 1.82) is 0 Å². The van der Waals surface area contributed by atoms with Crippen molar-refractivity contribution in [2.24, 2.45) is 0 Å². The quantitative estimate of drug-likeness (QED) is 0.0870. The number of allylic oxidation sites excluding steroid dienone is 2. The van der Waals surface area contributed by atoms with Crippen molar-refractivity contribution in [3.63, 3.8) is 0 Å². The van der Waals surface area contributed by atoms with Gasteiger partial charge in [0, 0.05) is 145 Å². The SMILES string of the molecule is CC(=O)C=C(C)O.Cc1[c-]c(-c2cc(C)c3ccccc3n2)cc(C)c1.Cc1ccc(-c2[c-]cccc2)nc1.Cc1ccc(-c2[c-]cccc2)nc1.Cc1ccc(-c2[c-]cccc2)nc1.Cc1ccnc(-c2[c-]ccc3c2oc2ccccc23)c1.Cc1cnc(-c2[c-]ccc3c2oc2ccccc23)cc1C.Cc1cnc(-c2[c-]ccc3c2oc2ccccc23)cc1C.[Ir].[Ir].[Ir].[Ir]. The van der Waals surface area contributed by atoms with Crippen LogP contribution in [0.2, 0.25) is 0 Å². The monoisotopic (exact) mass is 2420 g/mol. The predicted octanol–water partition coefficient (Wildman–Crippen LogP) is 29.1. The van der Waals surface area contributed by atoms with Gasteiger partial charge in [0.05, 0.1) is 28.0 Å². The molecular weight excluding hydrogens is 2330 g/mol. The normalized spacial score (nSPS) is 10.5. The van der Waals surface area contributed by atoms with E-state index in [2.05, 4.69) is 219 Å². The largest absolute Gasteiger partial charge is 0.512 e. The number of aryl methyl sites for hydroxylation is 11. The Morgan fingerprint density at radius 3 is 1.01 bits per heavy atom. The van der Waals surface area contributed by atoms with E-state index in [4.69, 9.17) is 23.3 Å². The number of para-hydroxylation sites is 4. The number of furan rings is 3. The Bertz CT molecular complexity index is 7010. The van der Waals surface area contributed by atoms with E-state index in [1.807, 2.05) is 252 Å². The van der Waals surface area contributed by atoms with Gasteiger partial charge in [-0.3, -0.25) is 9.78 Å². The summed E-state index contributed by atoms with van der Waals surface area (Å²) in [6.45, 7) is 25.7. The summed E-state index contributed by atoms with van der Waals surface area (Å²) >= 11 is 0. The van der Waals surface area contributed by atoms with Crippen molar-refractivity contribution in [2.45, 2.75) is 90.0 Å². The third-order valence-corrected chi connectivity index (χ3v) is 20.9. The molecule has 0 amide bonds. The minimum atomic E-state index is -0.125. The van der Waals surface area contributed by atoms with Gasteiger partial charge in [-0.1, -0.05) is 197 Å². The number of rotatable bonds is 8. The molecule has 0 atom stereocenters. The number of aliphatic hydroxyl groups is 1. The van der Waals surface area contributed by atoms with Gasteiger partial charge in [0.1, 0.15) is 16.7 Å². The molecule has 4 radical (unpaired) electrons. The van der Waals surface area contributed by atoms with Crippen molar-refractivity contribution in [1.82, 2.24) is 34.9 Å². The van der Waals surface area contributed by atoms with Gasteiger partial charge in [-0.15, -0.1) is 197 Å². The van der Waals surface area contributed by atoms with Crippen LogP contribution in [0.5, 0.6) is 0 Å². The summed E-state index contributed by atoms with van der Waals surface area (Å²) in [5.41, 5.74) is 33.1. The number of aromatic nitrogens is 7. The number of hydrogen-bond donors (Lipinski definition) is 1. The van der Waals surface area contributed by atoms with Gasteiger partial charge in [-0.25, -0.2) is 0 Å². The van der Waals surface area contributed by atoms with Gasteiger partial charge in [-0.2, -0.15) is 0 Å². The molecule has 0 aliphatic heterocycles. The summed E-state index contributed by atoms with van der Waals surface area (Å²) in [5, 5.41) is 16.3. The summed E-state index contributed by atoms with van der Waals surface area (Å²) in [7, 11) is 0. The van der Waals surface area contributed by atoms with E-state index in [0.29, 0.717) is 0 Å². The van der Waals surface area contributed by atoms with Crippen LogP contribution in [0.15, 0.2) is 347 Å². The third-order valence-electron chi connectivity index (χ3n) is 20.9. The van der Waals surface area contributed by atoms with Gasteiger partial charge in [0.2, 0.25) is 0 Å². The molecule has 0 saturated heterocycles. The van der Waals surface area contributed by atoms with E-state index < -0.39 is 0 Å². The minimum absolute atomic E-state index is 0. The zero-order valence-electron chi connectivity index (χ0n) is 74.7. The molecule has 0 aliphatic carbocycles. The molecule has 21 aromatic rings. The average molecular weight is 2420 g/mol. The topological polar surface area (TPSA) is 167 Å². The van der Waals surface area contributed by atoms with Crippen molar-refractivity contribution in [3.8, 4) is 78.8 Å². The smallest absolute Gasteiger partial charge is 0.155 e. The first-order valence-electron chi connectivity index (χ1n) is 41.9. The Kier molecular flexibility index (Phi) is 36.7. The Morgan fingerprint density at radius 2 is 0.664 bits per heavy atom. The van der Waals surface area contributed by atoms with Gasteiger partial charge < -0.3 is 48.3 Å². The summed E-state index contributed by atoms with van der Waals surface area (Å²) in [6, 6.07) is 118. The summed E-state index contributed by atoms with van der Waals surface area (Å²) in [6.07, 6.45) is 12.4. The fourth-order valence-electron chi connectivity index (χ4n) is 14.2. The molecule has 662 valence electrons. The number of aliphatic hydroxyl groups excluding tert-OH is 1. The summed E-state index contributed by atoms with van der Waals surface area (Å²) < 4.78 is 18.1. The average Bonchev–Trinajstić information content (AvgIpc) is 1.62. The Labute approximate surface area is 820 Å². The van der Waals surface area contributed by atoms with E-state index in [1.165, 1.54) is 80.9 Å². The maximum absolute atomic E-state index is 10.0. The van der Waals surface area contributed by atoms with Gasteiger partial charge in [0.15, 0.2) is 5.78 Å². The van der Waals surface area contributed by atoms with Crippen LogP contribution >= 0.6 is 0 Å². The molecule has 0 unspecified atom stereocenters. The van der Waals surface area contributed by atoms with Crippen molar-refractivity contribution in [3.05, 3.63) is 438 Å². The Balaban J connectivity index is 0.000000157. The van der Waals surface area contributed by atoms with Crippen molar-refractivity contribution < 1.29 is 104 Å². The third kappa shape index (κ3) is 26.2. The van der Waals surface area contributed by atoms with Crippen LogP contribution in [0.1, 0.15) is 75.0 Å². The van der Waals surface area contributed by atoms with Crippen LogP contribution in [-0.2, 0) is 85.2 Å². The van der Waals surface area contributed by atoms with E-state index in [0.717, 1.165) is 156 Å². The zero-order chi connectivity index (χ0) is 88.9. The van der Waals surface area contributed by atoms with Crippen LogP contribution in [-0.4, -0.2) is 45.8 Å². The standard InChI is InChI=1S/2C19H14NO.C18H12NO.C18H16N.3C12H10N.C5H8O2.4Ir/c2*1-12-10-17(20-11-13(12)2)16-8-5-7-15-14-6-3-4-9-18(14)21-19(15)16;1-12-9-10-19-16(11-12)15-7-4-6-14-13-5-2-3-8-17(13)20-18(14)15;1-12-8-13(2)10-15(9-12)18-11-14(3)16-6-4-5-7-17(16)19-18;3*1-10-7-8-12(13-9-10)11-5-3-2-4-6-11;1-4(6)3-5(2)7;;;;/h2*3-7,9-11H,1-2H3;2-6,8-11H,1H3;4-9,11H,1-3H3;3*2-5,7-9H,1H3;3,6H,1-2H3;;;;/q7*-1;;;;;. The second-order valence-corrected chi connectivity index (χ2v) is 31.1. The predicted molar refractivity (Wildman–Crippen MR) is 518 cm³/mol. The summed E-state index contributed by atoms with van der Waals surface area (Å²) in [4.78, 5) is 41.2. The van der Waals surface area contributed by atoms with Gasteiger partial charge in [0.25, 0.3) is 0 Å². The number of pyridine rings is 7. The van der Waals surface area contributed by atoms with E-state index in [1.54, 1.807) is 0 Å². The van der Waals surface area contributed by atoms with Crippen LogP contribution in [0.4, 0.5) is 0 Å². The molecular formula is C115H94Ir4N7O5-7. The second kappa shape index (κ2) is 48.0. The minimum Gasteiger partial charge on any atom is -0.512 e. The van der Waals surface area contributed by atoms with Crippen LogP contribution in [0.25, 0.3) is 156 Å². The van der Waals surface area contributed by atoms with Crippen LogP contribution < -0.4 is 0 Å². The molecule has 16 heteroatoms. The fraction of sp³-hybridized carbons (Fsp3) is 0.113. The van der Waals surface area contributed by atoms with Crippen LogP contribution in [0, 0.1) is 119 Å². The number of carbonyl (C=O) groups is 1. The molecule has 1 N–H and O–H groups in total. The van der Waals surface area contributed by atoms with Crippen molar-refractivity contribution >= 4 is 82.5 Å². The number of benzene rings is 11. The molecule has 12 nitrogen and oxygen atoms in total. The Morgan fingerprint density at radius 1 is 0.298 bits per heavy atom. The molecule has 0 saturated carbocycles. The molecule has 0 bridgehead atoms. The molecule has 11 aromatic carbocycles. The molecule has 131 heavy (non-hydrogen) atoms. The van der Waals surface area contributed by atoms with Crippen LogP contribution in [0.3, 0.4) is 0 Å². The maximum Gasteiger partial charge on any atom is 0.155 e. The maximum atomic E-state index is 10.0. The number of fused-ring (bicyclic) bond motifs is 10. The molecule has 0 fully saturated rings. The number of hydrogen-bond acceptors (Lipinski definition) is 12. The Hall–Kier alpha value is -13.1.